The van der Waals surface area contributed by atoms with Gasteiger partial charge in [0.2, 0.25) is 0 Å². The Morgan fingerprint density at radius 3 is 2.27 bits per heavy atom. The number of rotatable bonds is 6. The Hall–Kier alpha value is -2.97. The third-order valence-corrected chi connectivity index (χ3v) is 4.14. The molecule has 1 amide bonds. The van der Waals surface area contributed by atoms with Crippen molar-refractivity contribution in [1.82, 2.24) is 5.32 Å². The highest BCUT2D eigenvalue weighted by Gasteiger charge is 2.25. The highest BCUT2D eigenvalue weighted by molar-refractivity contribution is 5.97. The number of nitrogens with one attached hydrogen (secondary N) is 1. The zero-order chi connectivity index (χ0) is 19.3. The van der Waals surface area contributed by atoms with Crippen molar-refractivity contribution in [2.45, 2.75) is 44.8 Å². The second-order valence-electron chi connectivity index (χ2n) is 6.05. The third kappa shape index (κ3) is 4.78. The van der Waals surface area contributed by atoms with Gasteiger partial charge in [-0.05, 0) is 25.8 Å². The van der Waals surface area contributed by atoms with Crippen molar-refractivity contribution < 1.29 is 28.8 Å². The van der Waals surface area contributed by atoms with Crippen LogP contribution >= 0.6 is 0 Å². The summed E-state index contributed by atoms with van der Waals surface area (Å²) in [5.74, 6) is -2.19. The number of esters is 2. The van der Waals surface area contributed by atoms with Gasteiger partial charge in [0.1, 0.15) is 0 Å². The first kappa shape index (κ1) is 19.4. The molecule has 1 N–H and O–H groups in total. The molecule has 0 bridgehead atoms. The number of benzene rings is 1. The predicted molar refractivity (Wildman–Crippen MR) is 89.7 cm³/mol. The minimum Gasteiger partial charge on any atom is -0.465 e. The molecule has 1 saturated carbocycles. The largest absolute Gasteiger partial charge is 0.465 e. The van der Waals surface area contributed by atoms with Gasteiger partial charge in [-0.2, -0.15) is 0 Å². The second kappa shape index (κ2) is 8.41. The molecule has 0 aromatic heterocycles. The van der Waals surface area contributed by atoms with Gasteiger partial charge in [-0.25, -0.2) is 9.59 Å². The summed E-state index contributed by atoms with van der Waals surface area (Å²) in [6.45, 7) is 1.42. The zero-order valence-corrected chi connectivity index (χ0v) is 14.5. The molecule has 1 aliphatic carbocycles. The summed E-state index contributed by atoms with van der Waals surface area (Å²) in [4.78, 5) is 46.2. The number of nitrogens with zero attached hydrogens (tertiary/aromatic N) is 1. The van der Waals surface area contributed by atoms with Crippen LogP contribution in [0, 0.1) is 10.1 Å². The maximum atomic E-state index is 12.3. The number of hydrogen-bond acceptors (Lipinski definition) is 7. The van der Waals surface area contributed by atoms with Crippen molar-refractivity contribution in [3.8, 4) is 0 Å². The van der Waals surface area contributed by atoms with Crippen molar-refractivity contribution in [2.24, 2.45) is 0 Å². The van der Waals surface area contributed by atoms with E-state index in [2.05, 4.69) is 10.1 Å². The molecular formula is C17H20N2O7. The summed E-state index contributed by atoms with van der Waals surface area (Å²) >= 11 is 0. The van der Waals surface area contributed by atoms with Crippen LogP contribution in [0.15, 0.2) is 18.2 Å². The fourth-order valence-electron chi connectivity index (χ4n) is 2.74. The van der Waals surface area contributed by atoms with Crippen molar-refractivity contribution >= 4 is 23.5 Å². The van der Waals surface area contributed by atoms with Crippen LogP contribution in [0.2, 0.25) is 0 Å². The van der Waals surface area contributed by atoms with Crippen LogP contribution in [0.5, 0.6) is 0 Å². The number of carbonyl (C=O) groups excluding carboxylic acids is 3. The predicted octanol–water partition coefficient (Wildman–Crippen LogP) is 1.99. The Morgan fingerprint density at radius 2 is 1.73 bits per heavy atom. The SMILES string of the molecule is COC(=O)c1cc(C(=O)O[C@H](C)C(=O)NC2CCCC2)cc([N+](=O)[O-])c1. The van der Waals surface area contributed by atoms with E-state index in [0.29, 0.717) is 0 Å². The molecule has 0 unspecified atom stereocenters. The molecule has 140 valence electrons. The fraction of sp³-hybridized carbons (Fsp3) is 0.471. The van der Waals surface area contributed by atoms with E-state index in [0.717, 1.165) is 51.0 Å². The van der Waals surface area contributed by atoms with Crippen LogP contribution in [-0.2, 0) is 14.3 Å². The molecule has 1 aromatic carbocycles. The van der Waals surface area contributed by atoms with Crippen LogP contribution in [-0.4, -0.2) is 42.0 Å². The lowest BCUT2D eigenvalue weighted by Gasteiger charge is -2.17. The van der Waals surface area contributed by atoms with Crippen LogP contribution < -0.4 is 5.32 Å². The normalized spacial score (nSPS) is 15.2. The summed E-state index contributed by atoms with van der Waals surface area (Å²) in [6, 6.07) is 3.19. The van der Waals surface area contributed by atoms with Crippen molar-refractivity contribution in [3.05, 3.63) is 39.4 Å². The number of non-ortho nitro benzene ring substituents is 1. The average Bonchev–Trinajstić information content (AvgIpc) is 3.13. The number of nitro benzene ring substituents is 1. The number of methoxy groups -OCH3 is 1. The van der Waals surface area contributed by atoms with Crippen LogP contribution in [0.4, 0.5) is 5.69 Å². The molecular weight excluding hydrogens is 344 g/mol. The van der Waals surface area contributed by atoms with Gasteiger partial charge in [-0.15, -0.1) is 0 Å². The van der Waals surface area contributed by atoms with E-state index in [4.69, 9.17) is 4.74 Å². The molecule has 0 heterocycles. The van der Waals surface area contributed by atoms with Gasteiger partial charge < -0.3 is 14.8 Å². The summed E-state index contributed by atoms with van der Waals surface area (Å²) in [6.07, 6.45) is 2.80. The molecule has 2 rings (SSSR count). The van der Waals surface area contributed by atoms with E-state index >= 15 is 0 Å². The average molecular weight is 364 g/mol. The molecule has 1 atom stereocenters. The van der Waals surface area contributed by atoms with Gasteiger partial charge in [0.25, 0.3) is 11.6 Å². The van der Waals surface area contributed by atoms with Crippen molar-refractivity contribution in [3.63, 3.8) is 0 Å². The topological polar surface area (TPSA) is 125 Å². The number of hydrogen-bond donors (Lipinski definition) is 1. The van der Waals surface area contributed by atoms with Crippen LogP contribution in [0.3, 0.4) is 0 Å². The Kier molecular flexibility index (Phi) is 6.26. The first-order valence-corrected chi connectivity index (χ1v) is 8.21. The van der Waals surface area contributed by atoms with Gasteiger partial charge in [0.05, 0.1) is 23.2 Å². The number of carbonyl (C=O) groups is 3. The summed E-state index contributed by atoms with van der Waals surface area (Å²) in [7, 11) is 1.12. The third-order valence-electron chi connectivity index (χ3n) is 4.14. The van der Waals surface area contributed by atoms with E-state index in [1.165, 1.54) is 6.92 Å². The highest BCUT2D eigenvalue weighted by atomic mass is 16.6. The molecule has 0 aliphatic heterocycles. The molecule has 26 heavy (non-hydrogen) atoms. The number of ether oxygens (including phenoxy) is 2. The standard InChI is InChI=1S/C17H20N2O7/c1-10(15(20)18-13-5-3-4-6-13)26-17(22)12-7-11(16(21)25-2)8-14(9-12)19(23)24/h7-10,13H,3-6H2,1-2H3,(H,18,20)/t10-/m1/s1. The first-order valence-electron chi connectivity index (χ1n) is 8.21. The second-order valence-corrected chi connectivity index (χ2v) is 6.05. The highest BCUT2D eigenvalue weighted by Crippen LogP contribution is 2.20. The Bertz CT molecular complexity index is 726. The molecule has 1 fully saturated rings. The maximum absolute atomic E-state index is 12.3. The van der Waals surface area contributed by atoms with Gasteiger partial charge in [0, 0.05) is 18.2 Å². The number of nitro groups is 1. The maximum Gasteiger partial charge on any atom is 0.339 e. The van der Waals surface area contributed by atoms with E-state index in [1.807, 2.05) is 0 Å². The van der Waals surface area contributed by atoms with E-state index in [1.54, 1.807) is 0 Å². The molecule has 0 spiro atoms. The molecule has 0 radical (unpaired) electrons. The number of amides is 1. The van der Waals surface area contributed by atoms with Crippen LogP contribution in [0.25, 0.3) is 0 Å². The Balaban J connectivity index is 2.12. The summed E-state index contributed by atoms with van der Waals surface area (Å²) < 4.78 is 9.61. The zero-order valence-electron chi connectivity index (χ0n) is 14.5. The van der Waals surface area contributed by atoms with E-state index < -0.39 is 34.6 Å². The molecule has 1 aliphatic rings. The lowest BCUT2D eigenvalue weighted by Crippen LogP contribution is -2.40. The fourth-order valence-corrected chi connectivity index (χ4v) is 2.74. The molecule has 9 nitrogen and oxygen atoms in total. The molecule has 0 saturated heterocycles. The summed E-state index contributed by atoms with van der Waals surface area (Å²) in [5, 5.41) is 13.8. The van der Waals surface area contributed by atoms with E-state index in [-0.39, 0.29) is 17.2 Å². The van der Waals surface area contributed by atoms with Gasteiger partial charge >= 0.3 is 11.9 Å². The smallest absolute Gasteiger partial charge is 0.339 e. The lowest BCUT2D eigenvalue weighted by atomic mass is 10.1. The quantitative estimate of drug-likeness (QED) is 0.465. The van der Waals surface area contributed by atoms with Gasteiger partial charge in [-0.1, -0.05) is 12.8 Å². The van der Waals surface area contributed by atoms with Crippen molar-refractivity contribution in [2.75, 3.05) is 7.11 Å². The van der Waals surface area contributed by atoms with Gasteiger partial charge in [-0.3, -0.25) is 14.9 Å². The monoisotopic (exact) mass is 364 g/mol. The first-order chi connectivity index (χ1) is 12.3. The minimum absolute atomic E-state index is 0.0763. The van der Waals surface area contributed by atoms with E-state index in [9.17, 15) is 24.5 Å². The minimum atomic E-state index is -1.07. The summed E-state index contributed by atoms with van der Waals surface area (Å²) in [5.41, 5.74) is -0.820. The molecule has 1 aromatic rings. The van der Waals surface area contributed by atoms with Gasteiger partial charge in [0.15, 0.2) is 6.10 Å². The lowest BCUT2D eigenvalue weighted by molar-refractivity contribution is -0.384. The van der Waals surface area contributed by atoms with Crippen LogP contribution in [0.1, 0.15) is 53.3 Å². The Labute approximate surface area is 149 Å². The molecule has 9 heteroatoms. The van der Waals surface area contributed by atoms with Crippen molar-refractivity contribution in [1.29, 1.82) is 0 Å². The Morgan fingerprint density at radius 1 is 1.15 bits per heavy atom.